The molecule has 150 valence electrons. The molecule has 0 bridgehead atoms. The second kappa shape index (κ2) is 9.11. The number of benzene rings is 2. The zero-order chi connectivity index (χ0) is 20.1. The van der Waals surface area contributed by atoms with Crippen molar-refractivity contribution in [3.05, 3.63) is 52.5 Å². The van der Waals surface area contributed by atoms with E-state index in [0.717, 1.165) is 0 Å². The third-order valence-electron chi connectivity index (χ3n) is 4.03. The standard InChI is InChI=1S/C18H19Cl2N3O4S/c19-13-9-14(20)11-16(10-13)22-28(25,26)17-3-1-15(2-4-17)21-18(24)12-23-5-7-27-8-6-23/h1-4,9-11,22H,5-8,12H2,(H,21,24). The van der Waals surface area contributed by atoms with Crippen LogP contribution in [-0.2, 0) is 19.6 Å². The molecule has 1 saturated heterocycles. The van der Waals surface area contributed by atoms with Crippen LogP contribution in [0.2, 0.25) is 10.0 Å². The Bertz CT molecular complexity index is 926. The van der Waals surface area contributed by atoms with E-state index in [1.807, 2.05) is 4.90 Å². The zero-order valence-electron chi connectivity index (χ0n) is 14.8. The van der Waals surface area contributed by atoms with Crippen molar-refractivity contribution in [3.8, 4) is 0 Å². The third kappa shape index (κ3) is 5.83. The lowest BCUT2D eigenvalue weighted by molar-refractivity contribution is -0.118. The molecular formula is C18H19Cl2N3O4S. The van der Waals surface area contributed by atoms with Gasteiger partial charge in [-0.15, -0.1) is 0 Å². The average Bonchev–Trinajstić information content (AvgIpc) is 2.61. The number of carbonyl (C=O) groups excluding carboxylic acids is 1. The smallest absolute Gasteiger partial charge is 0.261 e. The van der Waals surface area contributed by atoms with Gasteiger partial charge >= 0.3 is 0 Å². The van der Waals surface area contributed by atoms with Crippen LogP contribution in [0, 0.1) is 0 Å². The lowest BCUT2D eigenvalue weighted by Crippen LogP contribution is -2.41. The van der Waals surface area contributed by atoms with E-state index in [0.29, 0.717) is 42.0 Å². The SMILES string of the molecule is O=C(CN1CCOCC1)Nc1ccc(S(=O)(=O)Nc2cc(Cl)cc(Cl)c2)cc1. The minimum Gasteiger partial charge on any atom is -0.379 e. The van der Waals surface area contributed by atoms with E-state index in [4.69, 9.17) is 27.9 Å². The maximum Gasteiger partial charge on any atom is 0.261 e. The Labute approximate surface area is 173 Å². The van der Waals surface area contributed by atoms with Crippen LogP contribution in [-0.4, -0.2) is 52.1 Å². The molecule has 1 aliphatic rings. The Morgan fingerprint density at radius 2 is 1.61 bits per heavy atom. The van der Waals surface area contributed by atoms with Crippen molar-refractivity contribution in [1.29, 1.82) is 0 Å². The third-order valence-corrected chi connectivity index (χ3v) is 5.87. The van der Waals surface area contributed by atoms with Gasteiger partial charge in [0.1, 0.15) is 0 Å². The molecule has 7 nitrogen and oxygen atoms in total. The Morgan fingerprint density at radius 1 is 1.00 bits per heavy atom. The molecular weight excluding hydrogens is 425 g/mol. The van der Waals surface area contributed by atoms with E-state index in [1.54, 1.807) is 0 Å². The number of amides is 1. The summed E-state index contributed by atoms with van der Waals surface area (Å²) >= 11 is 11.8. The van der Waals surface area contributed by atoms with Crippen molar-refractivity contribution in [1.82, 2.24) is 4.90 Å². The molecule has 28 heavy (non-hydrogen) atoms. The van der Waals surface area contributed by atoms with E-state index in [1.165, 1.54) is 42.5 Å². The van der Waals surface area contributed by atoms with Gasteiger partial charge in [0.2, 0.25) is 5.91 Å². The molecule has 1 aliphatic heterocycles. The summed E-state index contributed by atoms with van der Waals surface area (Å²) in [5.74, 6) is -0.163. The largest absolute Gasteiger partial charge is 0.379 e. The maximum atomic E-state index is 12.5. The number of anilines is 2. The van der Waals surface area contributed by atoms with Crippen molar-refractivity contribution in [2.75, 3.05) is 42.9 Å². The highest BCUT2D eigenvalue weighted by Crippen LogP contribution is 2.25. The van der Waals surface area contributed by atoms with Crippen molar-refractivity contribution < 1.29 is 17.9 Å². The van der Waals surface area contributed by atoms with Gasteiger partial charge in [0, 0.05) is 28.8 Å². The highest BCUT2D eigenvalue weighted by Gasteiger charge is 2.16. The number of nitrogens with zero attached hydrogens (tertiary/aromatic N) is 1. The minimum atomic E-state index is -3.82. The van der Waals surface area contributed by atoms with Gasteiger partial charge in [0.05, 0.1) is 30.3 Å². The topological polar surface area (TPSA) is 87.7 Å². The molecule has 2 aromatic carbocycles. The Hall–Kier alpha value is -1.84. The first-order valence-corrected chi connectivity index (χ1v) is 10.7. The van der Waals surface area contributed by atoms with Crippen LogP contribution >= 0.6 is 23.2 Å². The summed E-state index contributed by atoms with van der Waals surface area (Å²) in [5, 5.41) is 3.41. The van der Waals surface area contributed by atoms with Gasteiger partial charge in [-0.3, -0.25) is 14.4 Å². The Morgan fingerprint density at radius 3 is 2.21 bits per heavy atom. The number of ether oxygens (including phenoxy) is 1. The second-order valence-corrected chi connectivity index (χ2v) is 8.78. The molecule has 0 spiro atoms. The summed E-state index contributed by atoms with van der Waals surface area (Å²) in [4.78, 5) is 14.2. The van der Waals surface area contributed by atoms with Gasteiger partial charge in [-0.25, -0.2) is 8.42 Å². The summed E-state index contributed by atoms with van der Waals surface area (Å²) in [6.07, 6.45) is 0. The van der Waals surface area contributed by atoms with Gasteiger partial charge in [0.25, 0.3) is 10.0 Å². The molecule has 0 saturated carbocycles. The summed E-state index contributed by atoms with van der Waals surface area (Å²) in [5.41, 5.74) is 0.781. The minimum absolute atomic E-state index is 0.0507. The highest BCUT2D eigenvalue weighted by molar-refractivity contribution is 7.92. The number of morpholine rings is 1. The molecule has 0 atom stereocenters. The number of halogens is 2. The predicted molar refractivity (Wildman–Crippen MR) is 110 cm³/mol. The molecule has 0 unspecified atom stereocenters. The summed E-state index contributed by atoms with van der Waals surface area (Å²) in [6.45, 7) is 2.92. The average molecular weight is 444 g/mol. The first-order valence-electron chi connectivity index (χ1n) is 8.51. The van der Waals surface area contributed by atoms with Crippen molar-refractivity contribution in [3.63, 3.8) is 0 Å². The van der Waals surface area contributed by atoms with E-state index in [2.05, 4.69) is 10.0 Å². The van der Waals surface area contributed by atoms with Crippen LogP contribution in [0.4, 0.5) is 11.4 Å². The van der Waals surface area contributed by atoms with Crippen LogP contribution in [0.5, 0.6) is 0 Å². The number of hydrogen-bond donors (Lipinski definition) is 2. The lowest BCUT2D eigenvalue weighted by atomic mass is 10.3. The number of nitrogens with one attached hydrogen (secondary N) is 2. The van der Waals surface area contributed by atoms with Gasteiger partial charge in [-0.1, -0.05) is 23.2 Å². The molecule has 2 aromatic rings. The van der Waals surface area contributed by atoms with Gasteiger partial charge in [0.15, 0.2) is 0 Å². The van der Waals surface area contributed by atoms with Crippen molar-refractivity contribution in [2.24, 2.45) is 0 Å². The van der Waals surface area contributed by atoms with Gasteiger partial charge < -0.3 is 10.1 Å². The van der Waals surface area contributed by atoms with Crippen molar-refractivity contribution >= 4 is 50.5 Å². The lowest BCUT2D eigenvalue weighted by Gasteiger charge is -2.25. The monoisotopic (exact) mass is 443 g/mol. The van der Waals surface area contributed by atoms with Crippen LogP contribution in [0.25, 0.3) is 0 Å². The first kappa shape index (κ1) is 20.9. The first-order chi connectivity index (χ1) is 13.3. The van der Waals surface area contributed by atoms with Gasteiger partial charge in [-0.2, -0.15) is 0 Å². The number of rotatable bonds is 6. The van der Waals surface area contributed by atoms with Crippen molar-refractivity contribution in [2.45, 2.75) is 4.90 Å². The van der Waals surface area contributed by atoms with E-state index in [-0.39, 0.29) is 23.0 Å². The molecule has 0 aromatic heterocycles. The van der Waals surface area contributed by atoms with Crippen LogP contribution in [0.3, 0.4) is 0 Å². The molecule has 1 amide bonds. The van der Waals surface area contributed by atoms with Crippen LogP contribution in [0.1, 0.15) is 0 Å². The predicted octanol–water partition coefficient (Wildman–Crippen LogP) is 3.06. The summed E-state index contributed by atoms with van der Waals surface area (Å²) in [6, 6.07) is 10.3. The number of hydrogen-bond acceptors (Lipinski definition) is 5. The van der Waals surface area contributed by atoms with E-state index in [9.17, 15) is 13.2 Å². The molecule has 0 aliphatic carbocycles. The fourth-order valence-electron chi connectivity index (χ4n) is 2.71. The normalized spacial score (nSPS) is 15.2. The Balaban J connectivity index is 1.63. The maximum absolute atomic E-state index is 12.5. The molecule has 1 heterocycles. The molecule has 2 N–H and O–H groups in total. The molecule has 1 fully saturated rings. The second-order valence-electron chi connectivity index (χ2n) is 6.22. The fraction of sp³-hybridized carbons (Fsp3) is 0.278. The summed E-state index contributed by atoms with van der Waals surface area (Å²) < 4.78 is 32.7. The molecule has 0 radical (unpaired) electrons. The molecule has 10 heteroatoms. The van der Waals surface area contributed by atoms with Crippen LogP contribution < -0.4 is 10.0 Å². The van der Waals surface area contributed by atoms with E-state index < -0.39 is 10.0 Å². The van der Waals surface area contributed by atoms with Crippen LogP contribution in [0.15, 0.2) is 47.4 Å². The fourth-order valence-corrected chi connectivity index (χ4v) is 4.27. The summed E-state index contributed by atoms with van der Waals surface area (Å²) in [7, 11) is -3.82. The Kier molecular flexibility index (Phi) is 6.79. The van der Waals surface area contributed by atoms with E-state index >= 15 is 0 Å². The zero-order valence-corrected chi connectivity index (χ0v) is 17.1. The number of sulfonamides is 1. The van der Waals surface area contributed by atoms with Gasteiger partial charge in [-0.05, 0) is 42.5 Å². The number of carbonyl (C=O) groups is 1. The highest BCUT2D eigenvalue weighted by atomic mass is 35.5. The molecule has 3 rings (SSSR count). The quantitative estimate of drug-likeness (QED) is 0.715.